The van der Waals surface area contributed by atoms with Gasteiger partial charge < -0.3 is 19.7 Å². The predicted octanol–water partition coefficient (Wildman–Crippen LogP) is 2.92. The zero-order valence-corrected chi connectivity index (χ0v) is 15.6. The Kier molecular flexibility index (Phi) is 5.78. The third-order valence-electron chi connectivity index (χ3n) is 4.97. The van der Waals surface area contributed by atoms with Crippen LogP contribution < -0.4 is 14.8 Å². The molecule has 0 aliphatic carbocycles. The van der Waals surface area contributed by atoms with Crippen molar-refractivity contribution < 1.29 is 14.3 Å². The second-order valence-electron chi connectivity index (χ2n) is 6.75. The smallest absolute Gasteiger partial charge is 0.251 e. The highest BCUT2D eigenvalue weighted by molar-refractivity contribution is 5.95. The number of carbonyl (C=O) groups is 1. The number of rotatable bonds is 5. The number of nitrogens with zero attached hydrogens (tertiary/aromatic N) is 1. The maximum Gasteiger partial charge on any atom is 0.251 e. The Balaban J connectivity index is 1.80. The van der Waals surface area contributed by atoms with E-state index in [1.54, 1.807) is 32.4 Å². The minimum atomic E-state index is -0.0994. The summed E-state index contributed by atoms with van der Waals surface area (Å²) >= 11 is 0. The van der Waals surface area contributed by atoms with Gasteiger partial charge in [0.05, 0.1) is 14.2 Å². The van der Waals surface area contributed by atoms with Crippen LogP contribution in [0.15, 0.2) is 48.5 Å². The van der Waals surface area contributed by atoms with Crippen LogP contribution in [0.5, 0.6) is 11.5 Å². The molecule has 0 aromatic heterocycles. The summed E-state index contributed by atoms with van der Waals surface area (Å²) in [6.45, 7) is 1.89. The number of hydrogen-bond acceptors (Lipinski definition) is 4. The molecule has 1 aliphatic heterocycles. The Morgan fingerprint density at radius 3 is 2.35 bits per heavy atom. The van der Waals surface area contributed by atoms with Gasteiger partial charge in [-0.15, -0.1) is 0 Å². The molecule has 3 rings (SSSR count). The third kappa shape index (κ3) is 4.17. The number of likely N-dealkylation sites (N-methyl/N-ethyl adjacent to an activating group) is 1. The number of nitrogens with one attached hydrogen (secondary N) is 1. The van der Waals surface area contributed by atoms with E-state index < -0.39 is 0 Å². The van der Waals surface area contributed by atoms with E-state index in [9.17, 15) is 4.79 Å². The Bertz CT molecular complexity index is 726. The predicted molar refractivity (Wildman–Crippen MR) is 102 cm³/mol. The highest BCUT2D eigenvalue weighted by atomic mass is 16.5. The van der Waals surface area contributed by atoms with Gasteiger partial charge in [-0.05, 0) is 37.7 Å². The molecule has 0 spiro atoms. The first kappa shape index (κ1) is 18.3. The molecule has 0 saturated carbocycles. The van der Waals surface area contributed by atoms with Crippen molar-refractivity contribution in [1.82, 2.24) is 10.2 Å². The fraction of sp³-hybridized carbons (Fsp3) is 0.381. The van der Waals surface area contributed by atoms with Crippen LogP contribution >= 0.6 is 0 Å². The molecule has 0 bridgehead atoms. The first-order valence-electron chi connectivity index (χ1n) is 8.88. The van der Waals surface area contributed by atoms with E-state index in [0.717, 1.165) is 19.5 Å². The van der Waals surface area contributed by atoms with Gasteiger partial charge in [-0.25, -0.2) is 0 Å². The minimum absolute atomic E-state index is 0.0956. The molecule has 26 heavy (non-hydrogen) atoms. The van der Waals surface area contributed by atoms with E-state index in [1.165, 1.54) is 5.56 Å². The van der Waals surface area contributed by atoms with Crippen LogP contribution in [-0.4, -0.2) is 51.2 Å². The van der Waals surface area contributed by atoms with Gasteiger partial charge in [-0.2, -0.15) is 0 Å². The van der Waals surface area contributed by atoms with Crippen LogP contribution in [0.25, 0.3) is 0 Å². The number of likely N-dealkylation sites (tertiary alicyclic amines) is 1. The average molecular weight is 354 g/mol. The number of methoxy groups -OCH3 is 2. The van der Waals surface area contributed by atoms with Crippen LogP contribution in [0.3, 0.4) is 0 Å². The molecule has 0 radical (unpaired) electrons. The lowest BCUT2D eigenvalue weighted by Gasteiger charge is -2.37. The van der Waals surface area contributed by atoms with E-state index in [-0.39, 0.29) is 17.9 Å². The molecule has 1 saturated heterocycles. The highest BCUT2D eigenvalue weighted by Gasteiger charge is 2.30. The fourth-order valence-electron chi connectivity index (χ4n) is 3.52. The molecule has 5 heteroatoms. The number of carbonyl (C=O) groups excluding carboxylic acids is 1. The summed E-state index contributed by atoms with van der Waals surface area (Å²) in [6, 6.07) is 15.7. The van der Waals surface area contributed by atoms with Crippen molar-refractivity contribution in [2.45, 2.75) is 18.4 Å². The second-order valence-corrected chi connectivity index (χ2v) is 6.75. The lowest BCUT2D eigenvalue weighted by Crippen LogP contribution is -2.48. The van der Waals surface area contributed by atoms with Crippen LogP contribution in [0.4, 0.5) is 0 Å². The van der Waals surface area contributed by atoms with Gasteiger partial charge in [-0.3, -0.25) is 4.79 Å². The number of ether oxygens (including phenoxy) is 2. The zero-order valence-electron chi connectivity index (χ0n) is 15.6. The van der Waals surface area contributed by atoms with E-state index in [1.807, 2.05) is 6.07 Å². The molecular formula is C21H26N2O3. The molecule has 1 N–H and O–H groups in total. The summed E-state index contributed by atoms with van der Waals surface area (Å²) in [5, 5.41) is 3.23. The standard InChI is InChI=1S/C21H26N2O3/c1-23-10-9-20(19(14-23)15-7-5-4-6-8-15)22-21(24)16-11-17(25-2)13-18(12-16)26-3/h4-8,11-13,19-20H,9-10,14H2,1-3H3,(H,22,24). The van der Waals surface area contributed by atoms with Gasteiger partial charge in [0.15, 0.2) is 0 Å². The Morgan fingerprint density at radius 1 is 1.08 bits per heavy atom. The molecule has 2 atom stereocenters. The molecule has 2 unspecified atom stereocenters. The third-order valence-corrected chi connectivity index (χ3v) is 4.97. The summed E-state index contributed by atoms with van der Waals surface area (Å²) in [4.78, 5) is 15.2. The second kappa shape index (κ2) is 8.23. The first-order valence-corrected chi connectivity index (χ1v) is 8.88. The Morgan fingerprint density at radius 2 is 1.73 bits per heavy atom. The number of amides is 1. The van der Waals surface area contributed by atoms with Crippen LogP contribution in [-0.2, 0) is 0 Å². The van der Waals surface area contributed by atoms with Crippen LogP contribution in [0, 0.1) is 0 Å². The molecule has 138 valence electrons. The molecule has 2 aromatic rings. The largest absolute Gasteiger partial charge is 0.497 e. The van der Waals surface area contributed by atoms with E-state index in [2.05, 4.69) is 41.5 Å². The van der Waals surface area contributed by atoms with Crippen molar-refractivity contribution in [2.24, 2.45) is 0 Å². The maximum absolute atomic E-state index is 12.9. The summed E-state index contributed by atoms with van der Waals surface area (Å²) in [5.41, 5.74) is 1.81. The first-order chi connectivity index (χ1) is 12.6. The van der Waals surface area contributed by atoms with Crippen molar-refractivity contribution in [3.05, 3.63) is 59.7 Å². The minimum Gasteiger partial charge on any atom is -0.497 e. The van der Waals surface area contributed by atoms with Gasteiger partial charge in [0, 0.05) is 30.1 Å². The normalized spacial score (nSPS) is 20.4. The average Bonchev–Trinajstić information content (AvgIpc) is 2.69. The molecular weight excluding hydrogens is 328 g/mol. The topological polar surface area (TPSA) is 50.8 Å². The highest BCUT2D eigenvalue weighted by Crippen LogP contribution is 2.28. The molecule has 1 amide bonds. The van der Waals surface area contributed by atoms with Crippen molar-refractivity contribution in [2.75, 3.05) is 34.4 Å². The number of hydrogen-bond donors (Lipinski definition) is 1. The lowest BCUT2D eigenvalue weighted by molar-refractivity contribution is 0.0904. The maximum atomic E-state index is 12.9. The van der Waals surface area contributed by atoms with E-state index >= 15 is 0 Å². The van der Waals surface area contributed by atoms with Gasteiger partial charge in [0.25, 0.3) is 5.91 Å². The van der Waals surface area contributed by atoms with E-state index in [0.29, 0.717) is 17.1 Å². The number of piperidine rings is 1. The lowest BCUT2D eigenvalue weighted by atomic mass is 9.86. The van der Waals surface area contributed by atoms with Crippen LogP contribution in [0.1, 0.15) is 28.3 Å². The molecule has 1 aliphatic rings. The molecule has 1 heterocycles. The van der Waals surface area contributed by atoms with Crippen molar-refractivity contribution in [3.63, 3.8) is 0 Å². The van der Waals surface area contributed by atoms with Gasteiger partial charge in [0.2, 0.25) is 0 Å². The fourth-order valence-corrected chi connectivity index (χ4v) is 3.52. The van der Waals surface area contributed by atoms with Crippen molar-refractivity contribution in [3.8, 4) is 11.5 Å². The van der Waals surface area contributed by atoms with Crippen molar-refractivity contribution in [1.29, 1.82) is 0 Å². The monoisotopic (exact) mass is 354 g/mol. The number of benzene rings is 2. The Labute approximate surface area is 154 Å². The summed E-state index contributed by atoms with van der Waals surface area (Å²) in [7, 11) is 5.29. The van der Waals surface area contributed by atoms with E-state index in [4.69, 9.17) is 9.47 Å². The van der Waals surface area contributed by atoms with Gasteiger partial charge >= 0.3 is 0 Å². The van der Waals surface area contributed by atoms with Crippen molar-refractivity contribution >= 4 is 5.91 Å². The molecule has 1 fully saturated rings. The van der Waals surface area contributed by atoms with Gasteiger partial charge in [0.1, 0.15) is 11.5 Å². The van der Waals surface area contributed by atoms with Gasteiger partial charge in [-0.1, -0.05) is 30.3 Å². The summed E-state index contributed by atoms with van der Waals surface area (Å²) in [5.74, 6) is 1.39. The SMILES string of the molecule is COc1cc(OC)cc(C(=O)NC2CCN(C)CC2c2ccccc2)c1. The summed E-state index contributed by atoms with van der Waals surface area (Å²) in [6.07, 6.45) is 0.920. The molecule has 5 nitrogen and oxygen atoms in total. The zero-order chi connectivity index (χ0) is 18.5. The summed E-state index contributed by atoms with van der Waals surface area (Å²) < 4.78 is 10.6. The molecule has 2 aromatic carbocycles. The quantitative estimate of drug-likeness (QED) is 0.897. The van der Waals surface area contributed by atoms with Crippen LogP contribution in [0.2, 0.25) is 0 Å². The Hall–Kier alpha value is -2.53.